The lowest BCUT2D eigenvalue weighted by molar-refractivity contribution is 0.649. The minimum atomic E-state index is -0.559. The fourth-order valence-electron chi connectivity index (χ4n) is 6.87. The summed E-state index contributed by atoms with van der Waals surface area (Å²) < 4.78 is 13.2. The minimum Gasteiger partial charge on any atom is -0.456 e. The molecule has 10 rings (SSSR count). The van der Waals surface area contributed by atoms with Crippen LogP contribution in [0.2, 0.25) is 0 Å². The summed E-state index contributed by atoms with van der Waals surface area (Å²) in [6, 6.07) is 49.3. The van der Waals surface area contributed by atoms with Gasteiger partial charge in [0.1, 0.15) is 33.9 Å². The summed E-state index contributed by atoms with van der Waals surface area (Å²) >= 11 is 0. The molecule has 0 aliphatic carbocycles. The van der Waals surface area contributed by atoms with Gasteiger partial charge in [-0.2, -0.15) is 0 Å². The molecule has 1 unspecified atom stereocenters. The zero-order valence-corrected chi connectivity index (χ0v) is 25.6. The van der Waals surface area contributed by atoms with E-state index in [-0.39, 0.29) is 0 Å². The highest BCUT2D eigenvalue weighted by molar-refractivity contribution is 6.25. The third-order valence-corrected chi connectivity index (χ3v) is 9.14. The lowest BCUT2D eigenvalue weighted by Gasteiger charge is -2.23. The minimum absolute atomic E-state index is 0.559. The highest BCUT2D eigenvalue weighted by atomic mass is 16.3. The van der Waals surface area contributed by atoms with Gasteiger partial charge in [-0.05, 0) is 35.9 Å². The van der Waals surface area contributed by atoms with Gasteiger partial charge in [0, 0.05) is 38.4 Å². The van der Waals surface area contributed by atoms with Gasteiger partial charge in [-0.15, -0.1) is 0 Å². The Bertz CT molecular complexity index is 2760. The van der Waals surface area contributed by atoms with Crippen molar-refractivity contribution in [2.75, 3.05) is 0 Å². The third kappa shape index (κ3) is 4.16. The van der Waals surface area contributed by atoms with Crippen LogP contribution in [0, 0.1) is 0 Å². The summed E-state index contributed by atoms with van der Waals surface area (Å²) in [5.74, 6) is 1.41. The van der Waals surface area contributed by atoms with Gasteiger partial charge in [0.05, 0.1) is 10.9 Å². The topological polar surface area (TPSA) is 75.9 Å². The quantitative estimate of drug-likeness (QED) is 0.213. The Morgan fingerprint density at radius 1 is 0.521 bits per heavy atom. The van der Waals surface area contributed by atoms with Gasteiger partial charge in [0.25, 0.3) is 0 Å². The summed E-state index contributed by atoms with van der Waals surface area (Å²) in [6.45, 7) is 0. The van der Waals surface area contributed by atoms with Crippen molar-refractivity contribution in [3.63, 3.8) is 0 Å². The molecule has 0 fully saturated rings. The Morgan fingerprint density at radius 3 is 2.08 bits per heavy atom. The predicted molar refractivity (Wildman–Crippen MR) is 194 cm³/mol. The first-order valence-electron chi connectivity index (χ1n) is 16.0. The number of aliphatic imine (C=N–C) groups is 2. The standard InChI is InChI=1S/C42H26N4O2/c1-3-12-25(13-4-1)28-22-23-31(36-37-35(48-39(28)36)24-27-16-7-9-20-33(27)43-37)41-44-40(26-14-5-2-6-15-26)45-42(46-41)32-19-11-18-30-29-17-8-10-21-34(29)47-38(30)32/h1-24,42H,(H,44,45,46). The fraction of sp³-hybridized carbons (Fsp3) is 0.0238. The Morgan fingerprint density at radius 2 is 1.21 bits per heavy atom. The van der Waals surface area contributed by atoms with Crippen LogP contribution >= 0.6 is 0 Å². The molecule has 1 aliphatic rings. The first kappa shape index (κ1) is 26.7. The molecule has 0 bridgehead atoms. The fourth-order valence-corrected chi connectivity index (χ4v) is 6.87. The van der Waals surface area contributed by atoms with Gasteiger partial charge in [-0.1, -0.05) is 115 Å². The molecule has 226 valence electrons. The predicted octanol–water partition coefficient (Wildman–Crippen LogP) is 10.2. The number of aromatic nitrogens is 1. The van der Waals surface area contributed by atoms with Crippen molar-refractivity contribution in [1.82, 2.24) is 10.3 Å². The maximum Gasteiger partial charge on any atom is 0.173 e. The van der Waals surface area contributed by atoms with Gasteiger partial charge in [-0.3, -0.25) is 0 Å². The van der Waals surface area contributed by atoms with Gasteiger partial charge in [-0.25, -0.2) is 15.0 Å². The molecule has 3 aromatic heterocycles. The van der Waals surface area contributed by atoms with Gasteiger partial charge in [0.15, 0.2) is 11.7 Å². The maximum absolute atomic E-state index is 6.70. The second kappa shape index (κ2) is 10.5. The molecule has 4 heterocycles. The Kier molecular flexibility index (Phi) is 5.84. The molecule has 0 amide bonds. The van der Waals surface area contributed by atoms with E-state index < -0.39 is 6.17 Å². The molecular weight excluding hydrogens is 592 g/mol. The molecule has 0 radical (unpaired) electrons. The van der Waals surface area contributed by atoms with Crippen LogP contribution in [0.5, 0.6) is 0 Å². The molecule has 6 aromatic carbocycles. The number of para-hydroxylation sites is 3. The molecule has 1 N–H and O–H groups in total. The van der Waals surface area contributed by atoms with Crippen LogP contribution in [0.15, 0.2) is 164 Å². The number of nitrogens with one attached hydrogen (secondary N) is 1. The molecule has 1 atom stereocenters. The van der Waals surface area contributed by atoms with E-state index in [9.17, 15) is 0 Å². The lowest BCUT2D eigenvalue weighted by atomic mass is 9.98. The third-order valence-electron chi connectivity index (χ3n) is 9.14. The molecule has 1 aliphatic heterocycles. The van der Waals surface area contributed by atoms with Crippen LogP contribution in [-0.4, -0.2) is 16.7 Å². The van der Waals surface area contributed by atoms with Gasteiger partial charge < -0.3 is 14.2 Å². The number of nitrogens with zero attached hydrogens (tertiary/aromatic N) is 3. The SMILES string of the molecule is c1ccc(C2=NC(c3cccc4c3oc3ccccc34)N=C(c3ccc(-c4ccccc4)c4oc5cc6ccccc6nc5c34)N2)cc1. The van der Waals surface area contributed by atoms with Crippen LogP contribution in [-0.2, 0) is 0 Å². The number of amidine groups is 2. The number of hydrogen-bond acceptors (Lipinski definition) is 6. The summed E-state index contributed by atoms with van der Waals surface area (Å²) in [7, 11) is 0. The molecule has 6 nitrogen and oxygen atoms in total. The number of fused-ring (bicyclic) bond motifs is 7. The van der Waals surface area contributed by atoms with Crippen molar-refractivity contribution in [2.24, 2.45) is 9.98 Å². The molecular formula is C42H26N4O2. The average Bonchev–Trinajstić information content (AvgIpc) is 3.72. The van der Waals surface area contributed by atoms with E-state index in [1.165, 1.54) is 0 Å². The van der Waals surface area contributed by atoms with E-state index >= 15 is 0 Å². The van der Waals surface area contributed by atoms with Crippen LogP contribution in [0.1, 0.15) is 22.9 Å². The highest BCUT2D eigenvalue weighted by Crippen LogP contribution is 2.40. The van der Waals surface area contributed by atoms with Crippen molar-refractivity contribution < 1.29 is 8.83 Å². The van der Waals surface area contributed by atoms with E-state index in [1.807, 2.05) is 72.8 Å². The first-order valence-corrected chi connectivity index (χ1v) is 16.0. The van der Waals surface area contributed by atoms with Crippen LogP contribution in [0.3, 0.4) is 0 Å². The van der Waals surface area contributed by atoms with E-state index in [4.69, 9.17) is 23.8 Å². The summed E-state index contributed by atoms with van der Waals surface area (Å²) in [4.78, 5) is 15.6. The number of hydrogen-bond donors (Lipinski definition) is 1. The lowest BCUT2D eigenvalue weighted by Crippen LogP contribution is -2.36. The number of benzene rings is 6. The molecule has 9 aromatic rings. The monoisotopic (exact) mass is 618 g/mol. The van der Waals surface area contributed by atoms with Crippen molar-refractivity contribution in [1.29, 1.82) is 0 Å². The maximum atomic E-state index is 6.70. The zero-order chi connectivity index (χ0) is 31.6. The zero-order valence-electron chi connectivity index (χ0n) is 25.6. The van der Waals surface area contributed by atoms with Gasteiger partial charge in [0.2, 0.25) is 0 Å². The van der Waals surface area contributed by atoms with Crippen molar-refractivity contribution >= 4 is 66.6 Å². The molecule has 6 heteroatoms. The Labute approximate surface area is 274 Å². The molecule has 48 heavy (non-hydrogen) atoms. The van der Waals surface area contributed by atoms with Crippen molar-refractivity contribution in [3.8, 4) is 11.1 Å². The normalized spacial score (nSPS) is 14.9. The van der Waals surface area contributed by atoms with Crippen LogP contribution < -0.4 is 5.32 Å². The van der Waals surface area contributed by atoms with Crippen molar-refractivity contribution in [3.05, 3.63) is 162 Å². The second-order valence-corrected chi connectivity index (χ2v) is 12.0. The van der Waals surface area contributed by atoms with E-state index in [2.05, 4.69) is 78.1 Å². The largest absolute Gasteiger partial charge is 0.456 e. The number of rotatable bonds is 4. The van der Waals surface area contributed by atoms with Gasteiger partial charge >= 0.3 is 0 Å². The summed E-state index contributed by atoms with van der Waals surface area (Å²) in [5, 5.41) is 7.64. The number of furan rings is 2. The van der Waals surface area contributed by atoms with Crippen LogP contribution in [0.4, 0.5) is 0 Å². The van der Waals surface area contributed by atoms with E-state index in [0.717, 1.165) is 88.6 Å². The van der Waals surface area contributed by atoms with Crippen molar-refractivity contribution in [2.45, 2.75) is 6.17 Å². The number of pyridine rings is 1. The Balaban J connectivity index is 1.24. The molecule has 0 spiro atoms. The van der Waals surface area contributed by atoms with Crippen LogP contribution in [0.25, 0.3) is 66.0 Å². The van der Waals surface area contributed by atoms with E-state index in [1.54, 1.807) is 0 Å². The molecule has 0 saturated heterocycles. The summed E-state index contributed by atoms with van der Waals surface area (Å²) in [6.07, 6.45) is -0.559. The smallest absolute Gasteiger partial charge is 0.173 e. The van der Waals surface area contributed by atoms with E-state index in [0.29, 0.717) is 5.84 Å². The average molecular weight is 619 g/mol. The molecule has 0 saturated carbocycles. The summed E-state index contributed by atoms with van der Waals surface area (Å²) in [5.41, 5.74) is 9.62. The Hall–Kier alpha value is -6.53. The second-order valence-electron chi connectivity index (χ2n) is 12.0. The highest BCUT2D eigenvalue weighted by Gasteiger charge is 2.27. The first-order chi connectivity index (χ1) is 23.8.